The molecule has 0 aliphatic heterocycles. The van der Waals surface area contributed by atoms with Crippen LogP contribution in [0.4, 0.5) is 0 Å². The summed E-state index contributed by atoms with van der Waals surface area (Å²) in [6.45, 7) is 17.6. The van der Waals surface area contributed by atoms with Crippen molar-refractivity contribution in [1.82, 2.24) is 4.90 Å². The predicted molar refractivity (Wildman–Crippen MR) is 180 cm³/mol. The second-order valence-electron chi connectivity index (χ2n) is 12.5. The summed E-state index contributed by atoms with van der Waals surface area (Å²) in [5.41, 5.74) is 3.19. The summed E-state index contributed by atoms with van der Waals surface area (Å²) >= 11 is 12.7. The van der Waals surface area contributed by atoms with Crippen molar-refractivity contribution in [2.24, 2.45) is 22.2 Å². The van der Waals surface area contributed by atoms with Crippen LogP contribution in [-0.2, 0) is 0 Å². The van der Waals surface area contributed by atoms with Gasteiger partial charge in [0.15, 0.2) is 0 Å². The van der Waals surface area contributed by atoms with E-state index >= 15 is 0 Å². The monoisotopic (exact) mass is 620 g/mol. The zero-order valence-electron chi connectivity index (χ0n) is 27.5. The summed E-state index contributed by atoms with van der Waals surface area (Å²) in [6, 6.07) is 13.1. The molecule has 2 N–H and O–H groups in total. The largest absolute Gasteiger partial charge is 0.478 e. The van der Waals surface area contributed by atoms with Gasteiger partial charge in [-0.3, -0.25) is 9.89 Å². The molecule has 2 aromatic rings. The van der Waals surface area contributed by atoms with Gasteiger partial charge in [0.1, 0.15) is 5.66 Å². The van der Waals surface area contributed by atoms with Crippen molar-refractivity contribution >= 4 is 34.9 Å². The number of hydrogen-bond donors (Lipinski definition) is 2. The van der Waals surface area contributed by atoms with Crippen LogP contribution in [0.5, 0.6) is 0 Å². The van der Waals surface area contributed by atoms with Crippen LogP contribution < -0.4 is 0 Å². The molecule has 0 radical (unpaired) electrons. The molecule has 0 bridgehead atoms. The molecular weight excluding hydrogens is 567 g/mol. The number of carboxylic acids is 1. The molecule has 1 aliphatic carbocycles. The Labute approximate surface area is 265 Å². The average Bonchev–Trinajstić information content (AvgIpc) is 2.94. The highest BCUT2D eigenvalue weighted by molar-refractivity contribution is 6.35. The van der Waals surface area contributed by atoms with E-state index in [0.717, 1.165) is 62.5 Å². The maximum atomic E-state index is 11.5. The first kappa shape index (κ1) is 38.1. The smallest absolute Gasteiger partial charge is 0.335 e. The molecule has 42 heavy (non-hydrogen) atoms. The number of carboxylic acid groups (broad SMARTS) is 1. The molecule has 0 saturated heterocycles. The van der Waals surface area contributed by atoms with E-state index in [2.05, 4.69) is 53.5 Å². The lowest BCUT2D eigenvalue weighted by Crippen LogP contribution is -2.50. The molecule has 2 aromatic carbocycles. The summed E-state index contributed by atoms with van der Waals surface area (Å²) in [4.78, 5) is 19.5. The van der Waals surface area contributed by atoms with Gasteiger partial charge in [-0.2, -0.15) is 0 Å². The van der Waals surface area contributed by atoms with E-state index in [4.69, 9.17) is 33.3 Å². The third-order valence-corrected chi connectivity index (χ3v) is 8.79. The van der Waals surface area contributed by atoms with Crippen molar-refractivity contribution in [1.29, 1.82) is 0 Å². The Morgan fingerprint density at radius 1 is 0.976 bits per heavy atom. The van der Waals surface area contributed by atoms with Crippen molar-refractivity contribution in [3.8, 4) is 0 Å². The fourth-order valence-corrected chi connectivity index (χ4v) is 6.37. The van der Waals surface area contributed by atoms with Gasteiger partial charge in [-0.05, 0) is 111 Å². The topological polar surface area (TPSA) is 73.1 Å². The number of aliphatic hydroxyl groups excluding tert-OH is 1. The summed E-state index contributed by atoms with van der Waals surface area (Å²) in [5, 5.41) is 17.6. The van der Waals surface area contributed by atoms with Crippen LogP contribution in [0.2, 0.25) is 10.0 Å². The predicted octanol–water partition coefficient (Wildman–Crippen LogP) is 10.2. The van der Waals surface area contributed by atoms with Crippen LogP contribution in [0.3, 0.4) is 0 Å². The fraction of sp³-hybridized carbons (Fsp3) is 0.600. The Morgan fingerprint density at radius 3 is 1.90 bits per heavy atom. The minimum atomic E-state index is -0.902. The van der Waals surface area contributed by atoms with E-state index in [0.29, 0.717) is 27.4 Å². The molecule has 0 amide bonds. The second kappa shape index (κ2) is 17.4. The summed E-state index contributed by atoms with van der Waals surface area (Å²) in [5.74, 6) is 0.306. The molecule has 0 aromatic heterocycles. The van der Waals surface area contributed by atoms with Gasteiger partial charge in [0, 0.05) is 28.9 Å². The third-order valence-electron chi connectivity index (χ3n) is 8.35. The first-order valence-corrected chi connectivity index (χ1v) is 16.0. The van der Waals surface area contributed by atoms with Gasteiger partial charge in [-0.1, -0.05) is 83.8 Å². The van der Waals surface area contributed by atoms with Crippen molar-refractivity contribution in [3.63, 3.8) is 0 Å². The van der Waals surface area contributed by atoms with Gasteiger partial charge in [-0.25, -0.2) is 4.79 Å². The molecule has 5 nitrogen and oxygen atoms in total. The molecule has 236 valence electrons. The van der Waals surface area contributed by atoms with Crippen LogP contribution in [0.15, 0.2) is 47.5 Å². The first-order chi connectivity index (χ1) is 19.7. The highest BCUT2D eigenvalue weighted by Crippen LogP contribution is 2.47. The molecule has 1 atom stereocenters. The van der Waals surface area contributed by atoms with E-state index in [9.17, 15) is 9.90 Å². The number of carbonyl (C=O) groups is 1. The van der Waals surface area contributed by atoms with Crippen molar-refractivity contribution in [2.75, 3.05) is 14.2 Å². The number of rotatable bonds is 9. The molecule has 0 unspecified atom stereocenters. The minimum Gasteiger partial charge on any atom is -0.478 e. The Morgan fingerprint density at radius 2 is 1.48 bits per heavy atom. The van der Waals surface area contributed by atoms with Crippen LogP contribution in [0.1, 0.15) is 121 Å². The quantitative estimate of drug-likeness (QED) is 0.273. The zero-order chi connectivity index (χ0) is 32.3. The molecule has 0 heterocycles. The first-order valence-electron chi connectivity index (χ1n) is 15.3. The lowest BCUT2D eigenvalue weighted by Gasteiger charge is -2.49. The van der Waals surface area contributed by atoms with E-state index in [1.165, 1.54) is 0 Å². The van der Waals surface area contributed by atoms with E-state index in [-0.39, 0.29) is 17.1 Å². The summed E-state index contributed by atoms with van der Waals surface area (Å²) in [7, 11) is 3.20. The number of aliphatic imine (C=N–C) groups is 1. The molecule has 7 heteroatoms. The van der Waals surface area contributed by atoms with Crippen LogP contribution in [-0.4, -0.2) is 46.6 Å². The van der Waals surface area contributed by atoms with Crippen LogP contribution >= 0.6 is 23.2 Å². The van der Waals surface area contributed by atoms with Gasteiger partial charge in [0.2, 0.25) is 0 Å². The fourth-order valence-electron chi connectivity index (χ4n) is 5.84. The lowest BCUT2D eigenvalue weighted by molar-refractivity contribution is 0.00702. The Balaban J connectivity index is 0.00000211. The van der Waals surface area contributed by atoms with Gasteiger partial charge in [-0.15, -0.1) is 0 Å². The van der Waals surface area contributed by atoms with E-state index in [1.54, 1.807) is 18.2 Å². The number of aliphatic hydroxyl groups is 1. The maximum Gasteiger partial charge on any atom is 0.335 e. The number of hydrogen-bond acceptors (Lipinski definition) is 4. The zero-order valence-corrected chi connectivity index (χ0v) is 29.0. The number of halogens is 2. The van der Waals surface area contributed by atoms with Crippen molar-refractivity contribution < 1.29 is 15.0 Å². The molecule has 1 fully saturated rings. The molecule has 1 saturated carbocycles. The maximum absolute atomic E-state index is 11.5. The van der Waals surface area contributed by atoms with Gasteiger partial charge in [0.25, 0.3) is 0 Å². The summed E-state index contributed by atoms with van der Waals surface area (Å²) < 4.78 is 0. The molecular formula is C35H54Cl2N2O3. The summed E-state index contributed by atoms with van der Waals surface area (Å²) in [6.07, 6.45) is 6.18. The third kappa shape index (κ3) is 10.7. The molecule has 0 spiro atoms. The van der Waals surface area contributed by atoms with E-state index in [1.807, 2.05) is 38.1 Å². The van der Waals surface area contributed by atoms with Crippen LogP contribution in [0.25, 0.3) is 0 Å². The van der Waals surface area contributed by atoms with Gasteiger partial charge < -0.3 is 10.2 Å². The van der Waals surface area contributed by atoms with Gasteiger partial charge in [0.05, 0.1) is 5.56 Å². The highest BCUT2D eigenvalue weighted by atomic mass is 35.5. The Bertz CT molecular complexity index is 1110. The lowest BCUT2D eigenvalue weighted by atomic mass is 9.69. The number of nitrogens with zero attached hydrogens (tertiary/aromatic N) is 2. The van der Waals surface area contributed by atoms with E-state index < -0.39 is 5.97 Å². The molecule has 3 rings (SSSR count). The van der Waals surface area contributed by atoms with Gasteiger partial charge >= 0.3 is 5.97 Å². The highest BCUT2D eigenvalue weighted by Gasteiger charge is 2.44. The normalized spacial score (nSPS) is 19.9. The Kier molecular flexibility index (Phi) is 15.8. The average molecular weight is 622 g/mol. The SMILES string of the molecule is C/C(=N\C1(N(C)[C@H](CCC(C)C)c2ccc(C(=O)O)cc2)CCC(C(C)(C)C)CC1)c1cc(Cl)cc(Cl)c1.CC.CO. The number of aromatic carboxylic acids is 1. The number of benzene rings is 2. The molecule has 1 aliphatic rings. The van der Waals surface area contributed by atoms with Crippen molar-refractivity contribution in [2.45, 2.75) is 106 Å². The van der Waals surface area contributed by atoms with Crippen LogP contribution in [0, 0.1) is 17.3 Å². The Hall–Kier alpha value is -1.92. The second-order valence-corrected chi connectivity index (χ2v) is 13.4. The standard InChI is InChI=1S/C32H44Cl2N2O2.C2H6.CH4O/c1-21(2)8-13-29(23-9-11-24(12-10-23)30(37)38)36(7)32(16-14-26(15-17-32)31(4,5)6)35-22(3)25-18-27(33)20-28(34)19-25;2*1-2/h9-12,18-21,26,29H,8,13-17H2,1-7H3,(H,37,38);1-2H3;2H,1H3/b35-22+;;/t26?,29-,32?;;/m1../s1. The van der Waals surface area contributed by atoms with Crippen molar-refractivity contribution in [3.05, 3.63) is 69.2 Å². The minimum absolute atomic E-state index is 0.117.